The van der Waals surface area contributed by atoms with Crippen molar-refractivity contribution < 1.29 is 18.0 Å². The third-order valence-electron chi connectivity index (χ3n) is 6.30. The van der Waals surface area contributed by atoms with Crippen molar-refractivity contribution in [2.24, 2.45) is 0 Å². The summed E-state index contributed by atoms with van der Waals surface area (Å²) in [4.78, 5) is 28.4. The Bertz CT molecular complexity index is 1280. The monoisotopic (exact) mass is 521 g/mol. The zero-order chi connectivity index (χ0) is 27.0. The molecular weight excluding hydrogens is 486 g/mol. The maximum absolute atomic E-state index is 13.8. The molecule has 0 aliphatic carbocycles. The Morgan fingerprint density at radius 3 is 2.00 bits per heavy atom. The summed E-state index contributed by atoms with van der Waals surface area (Å²) in [5.41, 5.74) is 2.18. The Kier molecular flexibility index (Phi) is 9.47. The first kappa shape index (κ1) is 27.9. The van der Waals surface area contributed by atoms with E-state index in [-0.39, 0.29) is 23.4 Å². The molecular formula is C29H35N3O4S. The number of nitrogens with zero attached hydrogens (tertiary/aromatic N) is 2. The van der Waals surface area contributed by atoms with E-state index >= 15 is 0 Å². The number of carbonyl (C=O) groups excluding carboxylic acids is 2. The first-order chi connectivity index (χ1) is 17.6. The predicted molar refractivity (Wildman–Crippen MR) is 147 cm³/mol. The number of rotatable bonds is 11. The van der Waals surface area contributed by atoms with Crippen LogP contribution in [0.25, 0.3) is 0 Å². The zero-order valence-electron chi connectivity index (χ0n) is 21.8. The highest BCUT2D eigenvalue weighted by molar-refractivity contribution is 7.92. The highest BCUT2D eigenvalue weighted by Crippen LogP contribution is 2.25. The second-order valence-electron chi connectivity index (χ2n) is 9.16. The first-order valence-corrected chi connectivity index (χ1v) is 13.9. The van der Waals surface area contributed by atoms with E-state index in [2.05, 4.69) is 5.32 Å². The van der Waals surface area contributed by atoms with Crippen LogP contribution in [-0.4, -0.2) is 43.8 Å². The molecule has 1 N–H and O–H groups in total. The summed E-state index contributed by atoms with van der Waals surface area (Å²) in [6, 6.07) is 23.5. The van der Waals surface area contributed by atoms with Gasteiger partial charge >= 0.3 is 0 Å². The Morgan fingerprint density at radius 1 is 0.865 bits per heavy atom. The fourth-order valence-electron chi connectivity index (χ4n) is 3.79. The average Bonchev–Trinajstić information content (AvgIpc) is 2.91. The highest BCUT2D eigenvalue weighted by atomic mass is 32.2. The summed E-state index contributed by atoms with van der Waals surface area (Å²) in [7, 11) is -4.05. The van der Waals surface area contributed by atoms with E-state index in [4.69, 9.17) is 0 Å². The lowest BCUT2D eigenvalue weighted by Gasteiger charge is -2.32. The van der Waals surface area contributed by atoms with Gasteiger partial charge in [-0.1, -0.05) is 73.2 Å². The van der Waals surface area contributed by atoms with Crippen LogP contribution < -0.4 is 9.62 Å². The number of anilines is 1. The van der Waals surface area contributed by atoms with E-state index in [9.17, 15) is 18.0 Å². The molecule has 0 spiro atoms. The maximum Gasteiger partial charge on any atom is 0.264 e. The van der Waals surface area contributed by atoms with Crippen LogP contribution in [0.15, 0.2) is 89.8 Å². The van der Waals surface area contributed by atoms with Gasteiger partial charge in [-0.25, -0.2) is 8.42 Å². The van der Waals surface area contributed by atoms with Crippen molar-refractivity contribution in [1.82, 2.24) is 10.2 Å². The summed E-state index contributed by atoms with van der Waals surface area (Å²) in [6.45, 7) is 7.16. The largest absolute Gasteiger partial charge is 0.352 e. The van der Waals surface area contributed by atoms with Gasteiger partial charge in [-0.05, 0) is 57.0 Å². The number of hydrogen-bond acceptors (Lipinski definition) is 4. The standard InChI is InChI=1S/C29H35N3O4S/c1-5-23(3)30-29(34)24(4)31(20-25-12-8-6-9-13-25)28(33)21-32(26-18-16-22(2)17-19-26)37(35,36)27-14-10-7-11-15-27/h6-19,23-24H,5,20-21H2,1-4H3,(H,30,34)/t23-,24-/m0/s1. The second-order valence-corrected chi connectivity index (χ2v) is 11.0. The number of nitrogens with one attached hydrogen (secondary N) is 1. The quantitative estimate of drug-likeness (QED) is 0.402. The zero-order valence-corrected chi connectivity index (χ0v) is 22.6. The van der Waals surface area contributed by atoms with Crippen molar-refractivity contribution in [3.05, 3.63) is 96.1 Å². The van der Waals surface area contributed by atoms with Crippen LogP contribution in [0.5, 0.6) is 0 Å². The Morgan fingerprint density at radius 2 is 1.43 bits per heavy atom. The minimum atomic E-state index is -4.05. The minimum Gasteiger partial charge on any atom is -0.352 e. The summed E-state index contributed by atoms with van der Waals surface area (Å²) < 4.78 is 28.5. The molecule has 0 aliphatic rings. The van der Waals surface area contributed by atoms with Crippen LogP contribution >= 0.6 is 0 Å². The van der Waals surface area contributed by atoms with Gasteiger partial charge in [-0.2, -0.15) is 0 Å². The van der Waals surface area contributed by atoms with E-state index < -0.39 is 28.5 Å². The summed E-state index contributed by atoms with van der Waals surface area (Å²) >= 11 is 0. The number of carbonyl (C=O) groups is 2. The predicted octanol–water partition coefficient (Wildman–Crippen LogP) is 4.52. The molecule has 0 bridgehead atoms. The number of hydrogen-bond donors (Lipinski definition) is 1. The summed E-state index contributed by atoms with van der Waals surface area (Å²) in [6.07, 6.45) is 0.752. The molecule has 0 fully saturated rings. The smallest absolute Gasteiger partial charge is 0.264 e. The maximum atomic E-state index is 13.8. The van der Waals surface area contributed by atoms with Gasteiger partial charge in [0.1, 0.15) is 12.6 Å². The molecule has 0 saturated carbocycles. The lowest BCUT2D eigenvalue weighted by Crippen LogP contribution is -2.52. The molecule has 2 amide bonds. The second kappa shape index (κ2) is 12.5. The van der Waals surface area contributed by atoms with Crippen LogP contribution in [0.2, 0.25) is 0 Å². The van der Waals surface area contributed by atoms with Gasteiger partial charge < -0.3 is 10.2 Å². The molecule has 3 aromatic rings. The van der Waals surface area contributed by atoms with E-state index in [0.717, 1.165) is 21.9 Å². The van der Waals surface area contributed by atoms with Crippen LogP contribution in [0.4, 0.5) is 5.69 Å². The molecule has 2 atom stereocenters. The minimum absolute atomic E-state index is 0.0499. The normalized spacial score (nSPS) is 12.9. The molecule has 3 rings (SSSR count). The molecule has 37 heavy (non-hydrogen) atoms. The van der Waals surface area contributed by atoms with E-state index in [0.29, 0.717) is 5.69 Å². The van der Waals surface area contributed by atoms with Crippen LogP contribution in [-0.2, 0) is 26.2 Å². The van der Waals surface area contributed by atoms with Gasteiger partial charge in [0.05, 0.1) is 10.6 Å². The van der Waals surface area contributed by atoms with Crippen LogP contribution in [0.3, 0.4) is 0 Å². The van der Waals surface area contributed by atoms with Gasteiger partial charge in [-0.15, -0.1) is 0 Å². The number of aryl methyl sites for hydroxylation is 1. The van der Waals surface area contributed by atoms with Crippen molar-refractivity contribution in [3.63, 3.8) is 0 Å². The van der Waals surface area contributed by atoms with E-state index in [1.165, 1.54) is 17.0 Å². The Labute approximate surface area is 220 Å². The lowest BCUT2D eigenvalue weighted by atomic mass is 10.1. The fourth-order valence-corrected chi connectivity index (χ4v) is 5.22. The SMILES string of the molecule is CC[C@H](C)NC(=O)[C@H](C)N(Cc1ccccc1)C(=O)CN(c1ccc(C)cc1)S(=O)(=O)c1ccccc1. The Hall–Kier alpha value is -3.65. The number of benzene rings is 3. The lowest BCUT2D eigenvalue weighted by molar-refractivity contribution is -0.139. The molecule has 8 heteroatoms. The molecule has 7 nitrogen and oxygen atoms in total. The van der Waals surface area contributed by atoms with Crippen LogP contribution in [0.1, 0.15) is 38.3 Å². The van der Waals surface area contributed by atoms with Crippen molar-refractivity contribution in [1.29, 1.82) is 0 Å². The van der Waals surface area contributed by atoms with Gasteiger partial charge in [-0.3, -0.25) is 13.9 Å². The van der Waals surface area contributed by atoms with Gasteiger partial charge in [0.2, 0.25) is 11.8 Å². The first-order valence-electron chi connectivity index (χ1n) is 12.4. The summed E-state index contributed by atoms with van der Waals surface area (Å²) in [5.74, 6) is -0.762. The van der Waals surface area contributed by atoms with Crippen molar-refractivity contribution in [3.8, 4) is 0 Å². The molecule has 3 aromatic carbocycles. The molecule has 0 aromatic heterocycles. The van der Waals surface area contributed by atoms with Gasteiger partial charge in [0.15, 0.2) is 0 Å². The third kappa shape index (κ3) is 7.20. The van der Waals surface area contributed by atoms with Crippen LogP contribution in [0, 0.1) is 6.92 Å². The van der Waals surface area contributed by atoms with E-state index in [1.807, 2.05) is 51.1 Å². The molecule has 0 radical (unpaired) electrons. The molecule has 0 heterocycles. The van der Waals surface area contributed by atoms with Crippen molar-refractivity contribution >= 4 is 27.5 Å². The van der Waals surface area contributed by atoms with Gasteiger partial charge in [0, 0.05) is 12.6 Å². The average molecular weight is 522 g/mol. The van der Waals surface area contributed by atoms with Crippen molar-refractivity contribution in [2.75, 3.05) is 10.8 Å². The number of amides is 2. The third-order valence-corrected chi connectivity index (χ3v) is 8.08. The molecule has 196 valence electrons. The highest BCUT2D eigenvalue weighted by Gasteiger charge is 2.32. The molecule has 0 saturated heterocycles. The Balaban J connectivity index is 1.99. The number of sulfonamides is 1. The van der Waals surface area contributed by atoms with Crippen molar-refractivity contribution in [2.45, 2.75) is 57.6 Å². The molecule has 0 aliphatic heterocycles. The fraction of sp³-hybridized carbons (Fsp3) is 0.310. The van der Waals surface area contributed by atoms with E-state index in [1.54, 1.807) is 49.4 Å². The topological polar surface area (TPSA) is 86.8 Å². The molecule has 0 unspecified atom stereocenters. The van der Waals surface area contributed by atoms with Gasteiger partial charge in [0.25, 0.3) is 10.0 Å². The summed E-state index contributed by atoms with van der Waals surface area (Å²) in [5, 5.41) is 2.93.